The Balaban J connectivity index is 1.50. The maximum Gasteiger partial charge on any atom is 0.0701 e. The molecule has 2 aromatic rings. The van der Waals surface area contributed by atoms with Gasteiger partial charge in [-0.3, -0.25) is 19.8 Å². The standard InChI is InChI=1S/C25H38N4O3/c1-6-12-28(22-24-8-2-4-10-26-24)13-17-31-18-14-29(23-25-9-3-5-11-27-25)15-19-32-21-20-30-16-7-1/h2-5,8-11H,1,6-7,12-23H2. The average molecular weight is 443 g/mol. The van der Waals surface area contributed by atoms with Gasteiger partial charge in [0.2, 0.25) is 0 Å². The van der Waals surface area contributed by atoms with Crippen molar-refractivity contribution in [3.63, 3.8) is 0 Å². The van der Waals surface area contributed by atoms with Crippen LogP contribution in [0, 0.1) is 0 Å². The van der Waals surface area contributed by atoms with Crippen LogP contribution >= 0.6 is 0 Å². The molecule has 0 aliphatic carbocycles. The largest absolute Gasteiger partial charge is 0.379 e. The first-order valence-electron chi connectivity index (χ1n) is 11.9. The zero-order valence-electron chi connectivity index (χ0n) is 19.2. The zero-order valence-corrected chi connectivity index (χ0v) is 19.2. The molecule has 1 aliphatic heterocycles. The van der Waals surface area contributed by atoms with Gasteiger partial charge in [-0.05, 0) is 50.1 Å². The molecule has 7 nitrogen and oxygen atoms in total. The molecule has 2 aromatic heterocycles. The van der Waals surface area contributed by atoms with Crippen molar-refractivity contribution in [1.82, 2.24) is 19.8 Å². The molecule has 0 atom stereocenters. The normalized spacial score (nSPS) is 19.8. The van der Waals surface area contributed by atoms with E-state index in [9.17, 15) is 0 Å². The van der Waals surface area contributed by atoms with E-state index in [0.29, 0.717) is 26.4 Å². The molecule has 0 spiro atoms. The summed E-state index contributed by atoms with van der Waals surface area (Å²) in [6.07, 6.45) is 7.13. The average Bonchev–Trinajstić information content (AvgIpc) is 2.82. The first kappa shape index (κ1) is 24.7. The number of nitrogens with zero attached hydrogens (tertiary/aromatic N) is 4. The lowest BCUT2D eigenvalue weighted by Crippen LogP contribution is -2.33. The van der Waals surface area contributed by atoms with Crippen LogP contribution in [-0.2, 0) is 27.3 Å². The smallest absolute Gasteiger partial charge is 0.0701 e. The topological polar surface area (TPSA) is 60.0 Å². The van der Waals surface area contributed by atoms with Crippen molar-refractivity contribution in [2.75, 3.05) is 65.8 Å². The molecule has 0 aromatic carbocycles. The minimum absolute atomic E-state index is 0.645. The summed E-state index contributed by atoms with van der Waals surface area (Å²) in [6.45, 7) is 9.57. The molecule has 0 N–H and O–H groups in total. The second kappa shape index (κ2) is 15.8. The van der Waals surface area contributed by atoms with Crippen LogP contribution < -0.4 is 0 Å². The fraction of sp³-hybridized carbons (Fsp3) is 0.600. The maximum absolute atomic E-state index is 6.03. The molecule has 0 radical (unpaired) electrons. The van der Waals surface area contributed by atoms with Gasteiger partial charge in [-0.25, -0.2) is 0 Å². The Morgan fingerprint density at radius 3 is 1.66 bits per heavy atom. The van der Waals surface area contributed by atoms with Gasteiger partial charge in [0.1, 0.15) is 0 Å². The fourth-order valence-corrected chi connectivity index (χ4v) is 3.70. The lowest BCUT2D eigenvalue weighted by Gasteiger charge is -2.24. The molecule has 32 heavy (non-hydrogen) atoms. The Bertz CT molecular complexity index is 645. The fourth-order valence-electron chi connectivity index (χ4n) is 3.70. The molecule has 1 aliphatic rings. The minimum atomic E-state index is 0.645. The van der Waals surface area contributed by atoms with Crippen LogP contribution in [0.5, 0.6) is 0 Å². The molecule has 7 heteroatoms. The number of hydrogen-bond donors (Lipinski definition) is 0. The molecule has 0 saturated carbocycles. The van der Waals surface area contributed by atoms with Crippen molar-refractivity contribution >= 4 is 0 Å². The van der Waals surface area contributed by atoms with Crippen molar-refractivity contribution < 1.29 is 14.2 Å². The van der Waals surface area contributed by atoms with E-state index in [1.165, 1.54) is 6.42 Å². The Hall–Kier alpha value is -1.90. The molecule has 0 unspecified atom stereocenters. The van der Waals surface area contributed by atoms with Crippen molar-refractivity contribution in [3.05, 3.63) is 60.2 Å². The first-order valence-corrected chi connectivity index (χ1v) is 11.9. The van der Waals surface area contributed by atoms with Crippen LogP contribution in [0.2, 0.25) is 0 Å². The van der Waals surface area contributed by atoms with Gasteiger partial charge >= 0.3 is 0 Å². The Kier molecular flexibility index (Phi) is 12.2. The predicted octanol–water partition coefficient (Wildman–Crippen LogP) is 3.01. The van der Waals surface area contributed by atoms with E-state index in [2.05, 4.69) is 38.0 Å². The van der Waals surface area contributed by atoms with Gasteiger partial charge in [-0.15, -0.1) is 0 Å². The third-order valence-corrected chi connectivity index (χ3v) is 5.51. The summed E-state index contributed by atoms with van der Waals surface area (Å²) in [6, 6.07) is 12.2. The molecule has 1 saturated heterocycles. The summed E-state index contributed by atoms with van der Waals surface area (Å²) in [5.41, 5.74) is 2.18. The molecule has 0 amide bonds. The monoisotopic (exact) mass is 442 g/mol. The third kappa shape index (κ3) is 10.6. The van der Waals surface area contributed by atoms with Gasteiger partial charge in [0, 0.05) is 51.7 Å². The Morgan fingerprint density at radius 1 is 0.562 bits per heavy atom. The quantitative estimate of drug-likeness (QED) is 0.721. The van der Waals surface area contributed by atoms with Crippen LogP contribution in [-0.4, -0.2) is 85.6 Å². The molecular formula is C25H38N4O3. The zero-order chi connectivity index (χ0) is 22.1. The van der Waals surface area contributed by atoms with Gasteiger partial charge in [0.25, 0.3) is 0 Å². The first-order chi connectivity index (χ1) is 15.9. The van der Waals surface area contributed by atoms with Crippen LogP contribution in [0.25, 0.3) is 0 Å². The number of aromatic nitrogens is 2. The van der Waals surface area contributed by atoms with Gasteiger partial charge in [-0.1, -0.05) is 12.1 Å². The lowest BCUT2D eigenvalue weighted by atomic mass is 10.2. The lowest BCUT2D eigenvalue weighted by molar-refractivity contribution is 0.0282. The molecular weight excluding hydrogens is 404 g/mol. The van der Waals surface area contributed by atoms with Gasteiger partial charge in [0.05, 0.1) is 44.4 Å². The van der Waals surface area contributed by atoms with Crippen LogP contribution in [0.3, 0.4) is 0 Å². The van der Waals surface area contributed by atoms with Crippen molar-refractivity contribution in [2.24, 2.45) is 0 Å². The summed E-state index contributed by atoms with van der Waals surface area (Å²) in [5, 5.41) is 0. The summed E-state index contributed by atoms with van der Waals surface area (Å²) in [7, 11) is 0. The summed E-state index contributed by atoms with van der Waals surface area (Å²) in [4.78, 5) is 13.8. The van der Waals surface area contributed by atoms with E-state index in [0.717, 1.165) is 76.7 Å². The van der Waals surface area contributed by atoms with Gasteiger partial charge < -0.3 is 14.2 Å². The highest BCUT2D eigenvalue weighted by atomic mass is 16.5. The summed E-state index contributed by atoms with van der Waals surface area (Å²) >= 11 is 0. The number of pyridine rings is 2. The van der Waals surface area contributed by atoms with E-state index in [-0.39, 0.29) is 0 Å². The van der Waals surface area contributed by atoms with Crippen LogP contribution in [0.4, 0.5) is 0 Å². The van der Waals surface area contributed by atoms with Crippen LogP contribution in [0.1, 0.15) is 30.7 Å². The maximum atomic E-state index is 6.03. The second-order valence-corrected chi connectivity index (χ2v) is 8.09. The van der Waals surface area contributed by atoms with Crippen molar-refractivity contribution in [2.45, 2.75) is 32.4 Å². The van der Waals surface area contributed by atoms with E-state index in [4.69, 9.17) is 14.2 Å². The Morgan fingerprint density at radius 2 is 1.09 bits per heavy atom. The number of hydrogen-bond acceptors (Lipinski definition) is 7. The van der Waals surface area contributed by atoms with E-state index >= 15 is 0 Å². The molecule has 176 valence electrons. The minimum Gasteiger partial charge on any atom is -0.379 e. The second-order valence-electron chi connectivity index (χ2n) is 8.09. The summed E-state index contributed by atoms with van der Waals surface area (Å²) < 4.78 is 17.5. The van der Waals surface area contributed by atoms with Gasteiger partial charge in [0.15, 0.2) is 0 Å². The summed E-state index contributed by atoms with van der Waals surface area (Å²) in [5.74, 6) is 0. The highest BCUT2D eigenvalue weighted by Crippen LogP contribution is 2.06. The van der Waals surface area contributed by atoms with E-state index in [1.54, 1.807) is 0 Å². The number of rotatable bonds is 4. The third-order valence-electron chi connectivity index (χ3n) is 5.51. The number of ether oxygens (including phenoxy) is 3. The predicted molar refractivity (Wildman–Crippen MR) is 125 cm³/mol. The molecule has 3 rings (SSSR count). The van der Waals surface area contributed by atoms with Crippen molar-refractivity contribution in [1.29, 1.82) is 0 Å². The molecule has 1 fully saturated rings. The van der Waals surface area contributed by atoms with Gasteiger partial charge in [-0.2, -0.15) is 0 Å². The van der Waals surface area contributed by atoms with E-state index in [1.807, 2.05) is 30.6 Å². The van der Waals surface area contributed by atoms with Crippen molar-refractivity contribution in [3.8, 4) is 0 Å². The van der Waals surface area contributed by atoms with E-state index < -0.39 is 0 Å². The SMILES string of the molecule is c1ccc(CN2CCCCCOCCOCCN(Cc3ccccn3)CCOCC2)nc1. The highest BCUT2D eigenvalue weighted by Gasteiger charge is 2.10. The molecule has 0 bridgehead atoms. The highest BCUT2D eigenvalue weighted by molar-refractivity contribution is 5.04. The molecule has 3 heterocycles. The Labute approximate surface area is 192 Å². The van der Waals surface area contributed by atoms with Crippen LogP contribution in [0.15, 0.2) is 48.8 Å².